The SMILES string of the molecule is COc1ccc(OC)c([C@H](C)NC(=O)[C@@H](NC(C)=O)C(C)C)c1. The van der Waals surface area contributed by atoms with Crippen molar-refractivity contribution < 1.29 is 19.1 Å². The van der Waals surface area contributed by atoms with Crippen molar-refractivity contribution in [2.45, 2.75) is 39.8 Å². The van der Waals surface area contributed by atoms with Crippen LogP contribution in [0.1, 0.15) is 39.3 Å². The molecule has 2 N–H and O–H groups in total. The van der Waals surface area contributed by atoms with E-state index in [1.54, 1.807) is 26.4 Å². The van der Waals surface area contributed by atoms with E-state index in [1.807, 2.05) is 26.8 Å². The Balaban J connectivity index is 2.95. The van der Waals surface area contributed by atoms with E-state index in [-0.39, 0.29) is 23.8 Å². The lowest BCUT2D eigenvalue weighted by Crippen LogP contribution is -2.49. The number of rotatable bonds is 7. The molecule has 1 aromatic rings. The van der Waals surface area contributed by atoms with E-state index in [4.69, 9.17) is 9.47 Å². The lowest BCUT2D eigenvalue weighted by Gasteiger charge is -2.24. The molecule has 0 bridgehead atoms. The molecule has 0 aliphatic rings. The van der Waals surface area contributed by atoms with Gasteiger partial charge in [-0.05, 0) is 31.0 Å². The van der Waals surface area contributed by atoms with Gasteiger partial charge >= 0.3 is 0 Å². The second-order valence-electron chi connectivity index (χ2n) is 5.76. The van der Waals surface area contributed by atoms with Crippen LogP contribution in [0.15, 0.2) is 18.2 Å². The minimum Gasteiger partial charge on any atom is -0.497 e. The van der Waals surface area contributed by atoms with E-state index in [0.717, 1.165) is 5.56 Å². The molecule has 6 heteroatoms. The van der Waals surface area contributed by atoms with Crippen LogP contribution in [0.25, 0.3) is 0 Å². The van der Waals surface area contributed by atoms with Crippen molar-refractivity contribution in [3.8, 4) is 11.5 Å². The number of carbonyl (C=O) groups excluding carboxylic acids is 2. The summed E-state index contributed by atoms with van der Waals surface area (Å²) in [6.45, 7) is 7.03. The van der Waals surface area contributed by atoms with Crippen LogP contribution in [-0.2, 0) is 9.59 Å². The molecule has 6 nitrogen and oxygen atoms in total. The summed E-state index contributed by atoms with van der Waals surface area (Å²) in [6, 6.07) is 4.55. The lowest BCUT2D eigenvalue weighted by atomic mass is 10.0. The molecule has 23 heavy (non-hydrogen) atoms. The molecule has 0 spiro atoms. The fourth-order valence-corrected chi connectivity index (χ4v) is 2.31. The number of hydrogen-bond donors (Lipinski definition) is 2. The quantitative estimate of drug-likeness (QED) is 0.805. The highest BCUT2D eigenvalue weighted by Gasteiger charge is 2.25. The molecule has 1 aromatic carbocycles. The van der Waals surface area contributed by atoms with Crippen molar-refractivity contribution in [1.29, 1.82) is 0 Å². The minimum absolute atomic E-state index is 0.0155. The number of nitrogens with one attached hydrogen (secondary N) is 2. The highest BCUT2D eigenvalue weighted by atomic mass is 16.5. The fraction of sp³-hybridized carbons (Fsp3) is 0.529. The standard InChI is InChI=1S/C17H26N2O4/c1-10(2)16(19-12(4)20)17(21)18-11(3)14-9-13(22-5)7-8-15(14)23-6/h7-11,16H,1-6H3,(H,18,21)(H,19,20)/t11-,16-/m0/s1. The van der Waals surface area contributed by atoms with Gasteiger partial charge in [-0.15, -0.1) is 0 Å². The summed E-state index contributed by atoms with van der Waals surface area (Å²) < 4.78 is 10.6. The second-order valence-corrected chi connectivity index (χ2v) is 5.76. The molecule has 0 heterocycles. The molecule has 1 rings (SSSR count). The van der Waals surface area contributed by atoms with Crippen LogP contribution in [-0.4, -0.2) is 32.1 Å². The van der Waals surface area contributed by atoms with Gasteiger partial charge in [-0.25, -0.2) is 0 Å². The van der Waals surface area contributed by atoms with E-state index in [1.165, 1.54) is 6.92 Å². The maximum atomic E-state index is 12.5. The van der Waals surface area contributed by atoms with Gasteiger partial charge in [0, 0.05) is 12.5 Å². The number of carbonyl (C=O) groups is 2. The Labute approximate surface area is 137 Å². The number of hydrogen-bond acceptors (Lipinski definition) is 4. The molecule has 128 valence electrons. The summed E-state index contributed by atoms with van der Waals surface area (Å²) >= 11 is 0. The fourth-order valence-electron chi connectivity index (χ4n) is 2.31. The average Bonchev–Trinajstić information content (AvgIpc) is 2.51. The van der Waals surface area contributed by atoms with Crippen molar-refractivity contribution in [3.05, 3.63) is 23.8 Å². The van der Waals surface area contributed by atoms with Gasteiger partial charge < -0.3 is 20.1 Å². The van der Waals surface area contributed by atoms with Crippen LogP contribution < -0.4 is 20.1 Å². The van der Waals surface area contributed by atoms with Crippen LogP contribution in [0.3, 0.4) is 0 Å². The van der Waals surface area contributed by atoms with Crippen molar-refractivity contribution in [1.82, 2.24) is 10.6 Å². The molecule has 0 aliphatic heterocycles. The number of benzene rings is 1. The Kier molecular flexibility index (Phi) is 6.88. The first-order chi connectivity index (χ1) is 10.8. The Morgan fingerprint density at radius 2 is 1.70 bits per heavy atom. The lowest BCUT2D eigenvalue weighted by molar-refractivity contribution is -0.129. The van der Waals surface area contributed by atoms with Gasteiger partial charge in [0.15, 0.2) is 0 Å². The van der Waals surface area contributed by atoms with Gasteiger partial charge in [-0.2, -0.15) is 0 Å². The van der Waals surface area contributed by atoms with Crippen molar-refractivity contribution in [2.75, 3.05) is 14.2 Å². The van der Waals surface area contributed by atoms with Crippen LogP contribution in [0.2, 0.25) is 0 Å². The van der Waals surface area contributed by atoms with Crippen molar-refractivity contribution in [2.24, 2.45) is 5.92 Å². The zero-order chi connectivity index (χ0) is 17.6. The van der Waals surface area contributed by atoms with Gasteiger partial charge in [0.25, 0.3) is 0 Å². The molecule has 0 aromatic heterocycles. The van der Waals surface area contributed by atoms with Crippen LogP contribution in [0.4, 0.5) is 0 Å². The summed E-state index contributed by atoms with van der Waals surface area (Å²) in [6.07, 6.45) is 0. The topological polar surface area (TPSA) is 76.7 Å². The predicted molar refractivity (Wildman–Crippen MR) is 88.5 cm³/mol. The Morgan fingerprint density at radius 1 is 1.04 bits per heavy atom. The molecular formula is C17H26N2O4. The third-order valence-electron chi connectivity index (χ3n) is 3.57. The Morgan fingerprint density at radius 3 is 2.17 bits per heavy atom. The average molecular weight is 322 g/mol. The normalized spacial score (nSPS) is 13.2. The third-order valence-corrected chi connectivity index (χ3v) is 3.57. The summed E-state index contributed by atoms with van der Waals surface area (Å²) in [4.78, 5) is 23.7. The summed E-state index contributed by atoms with van der Waals surface area (Å²) in [5, 5.41) is 5.60. The molecule has 0 aliphatic carbocycles. The molecule has 2 amide bonds. The zero-order valence-corrected chi connectivity index (χ0v) is 14.6. The monoisotopic (exact) mass is 322 g/mol. The summed E-state index contributed by atoms with van der Waals surface area (Å²) in [5.41, 5.74) is 0.811. The van der Waals surface area contributed by atoms with Gasteiger partial charge in [-0.3, -0.25) is 9.59 Å². The number of ether oxygens (including phenoxy) is 2. The van der Waals surface area contributed by atoms with E-state index in [2.05, 4.69) is 10.6 Å². The number of methoxy groups -OCH3 is 2. The Bertz CT molecular complexity index is 558. The highest BCUT2D eigenvalue weighted by molar-refractivity contribution is 5.87. The molecule has 0 saturated heterocycles. The first-order valence-corrected chi connectivity index (χ1v) is 7.59. The second kappa shape index (κ2) is 8.41. The largest absolute Gasteiger partial charge is 0.497 e. The minimum atomic E-state index is -0.577. The van der Waals surface area contributed by atoms with Gasteiger partial charge in [0.05, 0.1) is 20.3 Å². The highest BCUT2D eigenvalue weighted by Crippen LogP contribution is 2.29. The van der Waals surface area contributed by atoms with Gasteiger partial charge in [-0.1, -0.05) is 13.8 Å². The Hall–Kier alpha value is -2.24. The third kappa shape index (κ3) is 5.16. The van der Waals surface area contributed by atoms with Crippen LogP contribution in [0, 0.1) is 5.92 Å². The molecule has 0 saturated carbocycles. The summed E-state index contributed by atoms with van der Waals surface area (Å²) in [7, 11) is 3.16. The smallest absolute Gasteiger partial charge is 0.243 e. The maximum Gasteiger partial charge on any atom is 0.243 e. The van der Waals surface area contributed by atoms with Crippen LogP contribution >= 0.6 is 0 Å². The first kappa shape index (κ1) is 18.8. The van der Waals surface area contributed by atoms with Crippen LogP contribution in [0.5, 0.6) is 11.5 Å². The van der Waals surface area contributed by atoms with E-state index in [0.29, 0.717) is 11.5 Å². The zero-order valence-electron chi connectivity index (χ0n) is 14.6. The molecule has 0 unspecified atom stereocenters. The predicted octanol–water partition coefficient (Wildman–Crippen LogP) is 2.04. The molecule has 2 atom stereocenters. The van der Waals surface area contributed by atoms with E-state index >= 15 is 0 Å². The first-order valence-electron chi connectivity index (χ1n) is 7.59. The summed E-state index contributed by atoms with van der Waals surface area (Å²) in [5.74, 6) is 0.875. The van der Waals surface area contributed by atoms with E-state index < -0.39 is 6.04 Å². The number of amides is 2. The van der Waals surface area contributed by atoms with Crippen molar-refractivity contribution >= 4 is 11.8 Å². The van der Waals surface area contributed by atoms with Crippen molar-refractivity contribution in [3.63, 3.8) is 0 Å². The molecule has 0 fully saturated rings. The van der Waals surface area contributed by atoms with E-state index in [9.17, 15) is 9.59 Å². The van der Waals surface area contributed by atoms with Gasteiger partial charge in [0.1, 0.15) is 17.5 Å². The molecule has 0 radical (unpaired) electrons. The molecular weight excluding hydrogens is 296 g/mol. The maximum absolute atomic E-state index is 12.5. The van der Waals surface area contributed by atoms with Gasteiger partial charge in [0.2, 0.25) is 11.8 Å².